The lowest BCUT2D eigenvalue weighted by Crippen LogP contribution is -2.46. The van der Waals surface area contributed by atoms with Gasteiger partial charge in [-0.3, -0.25) is 4.99 Å². The highest BCUT2D eigenvalue weighted by Crippen LogP contribution is 2.12. The number of aliphatic imine (C=N–C) groups is 1. The van der Waals surface area contributed by atoms with Gasteiger partial charge in [-0.05, 0) is 45.4 Å². The number of hydrogen-bond acceptors (Lipinski definition) is 4. The van der Waals surface area contributed by atoms with Gasteiger partial charge >= 0.3 is 0 Å². The highest BCUT2D eigenvalue weighted by atomic mass is 15.2. The summed E-state index contributed by atoms with van der Waals surface area (Å²) in [7, 11) is 2.21. The smallest absolute Gasteiger partial charge is 0.191 e. The van der Waals surface area contributed by atoms with Crippen LogP contribution >= 0.6 is 0 Å². The van der Waals surface area contributed by atoms with Crippen LogP contribution in [0.1, 0.15) is 27.2 Å². The van der Waals surface area contributed by atoms with Crippen LogP contribution in [0.2, 0.25) is 0 Å². The number of hydrogen-bond donors (Lipinski definition) is 2. The number of nitrogens with zero attached hydrogens (tertiary/aromatic N) is 4. The summed E-state index contributed by atoms with van der Waals surface area (Å²) in [5.74, 6) is 1.52. The van der Waals surface area contributed by atoms with Crippen LogP contribution in [-0.2, 0) is 0 Å². The van der Waals surface area contributed by atoms with Crippen LogP contribution in [0.4, 0.5) is 5.69 Å². The van der Waals surface area contributed by atoms with Gasteiger partial charge in [0.15, 0.2) is 5.96 Å². The highest BCUT2D eigenvalue weighted by Gasteiger charge is 2.16. The Morgan fingerprint density at radius 1 is 1.10 bits per heavy atom. The predicted molar refractivity (Wildman–Crippen MR) is 126 cm³/mol. The molecule has 1 heterocycles. The van der Waals surface area contributed by atoms with E-state index in [1.165, 1.54) is 31.9 Å². The SMILES string of the molecule is CCNC(=NCC(C)CN1CCN(C)CC1)NCCCN(CC)c1ccccc1. The Balaban J connectivity index is 1.71. The number of likely N-dealkylation sites (N-methyl/N-ethyl adjacent to an activating group) is 1. The van der Waals surface area contributed by atoms with Gasteiger partial charge in [0.2, 0.25) is 0 Å². The quantitative estimate of drug-likeness (QED) is 0.338. The second-order valence-electron chi connectivity index (χ2n) is 8.12. The zero-order valence-electron chi connectivity index (χ0n) is 19.0. The molecule has 164 valence electrons. The lowest BCUT2D eigenvalue weighted by molar-refractivity contribution is 0.140. The van der Waals surface area contributed by atoms with Gasteiger partial charge in [0, 0.05) is 71.1 Å². The van der Waals surface area contributed by atoms with Crippen LogP contribution in [0.5, 0.6) is 0 Å². The zero-order valence-corrected chi connectivity index (χ0v) is 19.0. The van der Waals surface area contributed by atoms with E-state index >= 15 is 0 Å². The van der Waals surface area contributed by atoms with Crippen LogP contribution in [0.15, 0.2) is 35.3 Å². The molecule has 2 N–H and O–H groups in total. The fourth-order valence-corrected chi connectivity index (χ4v) is 3.70. The molecule has 6 heteroatoms. The van der Waals surface area contributed by atoms with E-state index in [4.69, 9.17) is 4.99 Å². The molecule has 1 atom stereocenters. The first kappa shape index (κ1) is 23.5. The molecule has 0 saturated carbocycles. The summed E-state index contributed by atoms with van der Waals surface area (Å²) in [4.78, 5) is 12.2. The van der Waals surface area contributed by atoms with Gasteiger partial charge in [-0.2, -0.15) is 0 Å². The van der Waals surface area contributed by atoms with Crippen LogP contribution in [0.25, 0.3) is 0 Å². The fraction of sp³-hybridized carbons (Fsp3) is 0.696. The van der Waals surface area contributed by atoms with E-state index in [0.29, 0.717) is 5.92 Å². The first-order valence-corrected chi connectivity index (χ1v) is 11.4. The summed E-state index contributed by atoms with van der Waals surface area (Å²) >= 11 is 0. The molecule has 29 heavy (non-hydrogen) atoms. The molecule has 1 saturated heterocycles. The van der Waals surface area contributed by atoms with Crippen molar-refractivity contribution in [2.75, 3.05) is 77.4 Å². The van der Waals surface area contributed by atoms with Crippen LogP contribution in [0.3, 0.4) is 0 Å². The summed E-state index contributed by atoms with van der Waals surface area (Å²) < 4.78 is 0. The minimum Gasteiger partial charge on any atom is -0.372 e. The van der Waals surface area contributed by atoms with Gasteiger partial charge in [-0.25, -0.2) is 0 Å². The molecule has 6 nitrogen and oxygen atoms in total. The van der Waals surface area contributed by atoms with Gasteiger partial charge in [0.25, 0.3) is 0 Å². The largest absolute Gasteiger partial charge is 0.372 e. The van der Waals surface area contributed by atoms with Crippen molar-refractivity contribution in [2.45, 2.75) is 27.2 Å². The molecule has 1 unspecified atom stereocenters. The number of guanidine groups is 1. The van der Waals surface area contributed by atoms with Gasteiger partial charge in [-0.1, -0.05) is 25.1 Å². The number of piperazine rings is 1. The standard InChI is InChI=1S/C23H42N6/c1-5-24-23(26-19-21(3)20-28-17-15-27(4)16-18-28)25-13-10-14-29(6-2)22-11-8-7-9-12-22/h7-9,11-12,21H,5-6,10,13-20H2,1-4H3,(H2,24,25,26). The van der Waals surface area contributed by atoms with E-state index in [1.54, 1.807) is 0 Å². The van der Waals surface area contributed by atoms with Crippen molar-refractivity contribution in [3.8, 4) is 0 Å². The number of anilines is 1. The molecule has 0 amide bonds. The van der Waals surface area contributed by atoms with Crippen molar-refractivity contribution in [1.29, 1.82) is 0 Å². The maximum Gasteiger partial charge on any atom is 0.191 e. The Morgan fingerprint density at radius 3 is 2.48 bits per heavy atom. The van der Waals surface area contributed by atoms with Gasteiger partial charge in [-0.15, -0.1) is 0 Å². The maximum absolute atomic E-state index is 4.83. The zero-order chi connectivity index (χ0) is 20.9. The average molecular weight is 403 g/mol. The van der Waals surface area contributed by atoms with Gasteiger partial charge in [0.05, 0.1) is 0 Å². The molecule has 0 bridgehead atoms. The number of nitrogens with one attached hydrogen (secondary N) is 2. The third kappa shape index (κ3) is 9.05. The Morgan fingerprint density at radius 2 is 1.83 bits per heavy atom. The molecule has 0 spiro atoms. The third-order valence-electron chi connectivity index (χ3n) is 5.47. The molecule has 1 aromatic carbocycles. The topological polar surface area (TPSA) is 46.1 Å². The molecule has 0 aliphatic carbocycles. The Labute approximate surface area is 178 Å². The van der Waals surface area contributed by atoms with E-state index in [1.807, 2.05) is 0 Å². The van der Waals surface area contributed by atoms with E-state index in [-0.39, 0.29) is 0 Å². The summed E-state index contributed by atoms with van der Waals surface area (Å²) in [6.07, 6.45) is 1.09. The first-order valence-electron chi connectivity index (χ1n) is 11.4. The summed E-state index contributed by atoms with van der Waals surface area (Å²) in [5, 5.41) is 6.89. The minimum atomic E-state index is 0.572. The molecule has 0 aromatic heterocycles. The number of benzene rings is 1. The number of rotatable bonds is 11. The molecule has 1 aliphatic heterocycles. The van der Waals surface area contributed by atoms with Crippen molar-refractivity contribution in [1.82, 2.24) is 20.4 Å². The predicted octanol–water partition coefficient (Wildman–Crippen LogP) is 2.34. The molecular formula is C23H42N6. The second kappa shape index (κ2) is 13.4. The molecule has 1 fully saturated rings. The van der Waals surface area contributed by atoms with E-state index < -0.39 is 0 Å². The number of para-hydroxylation sites is 1. The lowest BCUT2D eigenvalue weighted by Gasteiger charge is -2.33. The average Bonchev–Trinajstić information content (AvgIpc) is 2.74. The van der Waals surface area contributed by atoms with E-state index in [9.17, 15) is 0 Å². The summed E-state index contributed by atoms with van der Waals surface area (Å²) in [6.45, 7) is 17.3. The van der Waals surface area contributed by atoms with Crippen LogP contribution < -0.4 is 15.5 Å². The Bertz CT molecular complexity index is 568. The summed E-state index contributed by atoms with van der Waals surface area (Å²) in [5.41, 5.74) is 1.30. The monoisotopic (exact) mass is 402 g/mol. The molecule has 2 rings (SSSR count). The fourth-order valence-electron chi connectivity index (χ4n) is 3.70. The third-order valence-corrected chi connectivity index (χ3v) is 5.47. The first-order chi connectivity index (χ1) is 14.1. The van der Waals surface area contributed by atoms with Crippen molar-refractivity contribution in [3.05, 3.63) is 30.3 Å². The van der Waals surface area contributed by atoms with Gasteiger partial charge < -0.3 is 25.3 Å². The second-order valence-corrected chi connectivity index (χ2v) is 8.12. The molecule has 1 aromatic rings. The van der Waals surface area contributed by atoms with Gasteiger partial charge in [0.1, 0.15) is 0 Å². The van der Waals surface area contributed by atoms with Crippen molar-refractivity contribution >= 4 is 11.6 Å². The van der Waals surface area contributed by atoms with Crippen LogP contribution in [-0.4, -0.2) is 88.3 Å². The lowest BCUT2D eigenvalue weighted by atomic mass is 10.1. The van der Waals surface area contributed by atoms with Crippen molar-refractivity contribution in [2.24, 2.45) is 10.9 Å². The molecular weight excluding hydrogens is 360 g/mol. The Kier molecular flexibility index (Phi) is 10.9. The normalized spacial score (nSPS) is 17.2. The van der Waals surface area contributed by atoms with E-state index in [0.717, 1.165) is 51.6 Å². The van der Waals surface area contributed by atoms with Crippen molar-refractivity contribution in [3.63, 3.8) is 0 Å². The van der Waals surface area contributed by atoms with Crippen molar-refractivity contribution < 1.29 is 0 Å². The molecule has 0 radical (unpaired) electrons. The maximum atomic E-state index is 4.83. The minimum absolute atomic E-state index is 0.572. The molecule has 1 aliphatic rings. The van der Waals surface area contributed by atoms with E-state index in [2.05, 4.69) is 83.5 Å². The highest BCUT2D eigenvalue weighted by molar-refractivity contribution is 5.79. The Hall–Kier alpha value is -1.79. The van der Waals surface area contributed by atoms with Crippen LogP contribution in [0, 0.1) is 5.92 Å². The summed E-state index contributed by atoms with van der Waals surface area (Å²) in [6, 6.07) is 10.7.